The summed E-state index contributed by atoms with van der Waals surface area (Å²) >= 11 is 0. The third kappa shape index (κ3) is 2.74. The summed E-state index contributed by atoms with van der Waals surface area (Å²) in [5.74, 6) is 0.593. The van der Waals surface area contributed by atoms with Crippen LogP contribution in [-0.2, 0) is 6.42 Å². The fourth-order valence-electron chi connectivity index (χ4n) is 1.50. The summed E-state index contributed by atoms with van der Waals surface area (Å²) in [5, 5.41) is 0. The smallest absolute Gasteiger partial charge is 0.225 e. The van der Waals surface area contributed by atoms with Gasteiger partial charge in [-0.05, 0) is 24.1 Å². The van der Waals surface area contributed by atoms with E-state index in [2.05, 4.69) is 16.9 Å². The Hall–Kier alpha value is -2.17. The van der Waals surface area contributed by atoms with E-state index in [0.717, 1.165) is 24.4 Å². The second-order valence-corrected chi connectivity index (χ2v) is 3.62. The van der Waals surface area contributed by atoms with Crippen LogP contribution in [0.1, 0.15) is 12.5 Å². The number of hydrogen-bond acceptors (Lipinski definition) is 4. The summed E-state index contributed by atoms with van der Waals surface area (Å²) < 4.78 is 23.6. The molecule has 5 heteroatoms. The Balaban J connectivity index is 2.28. The highest BCUT2D eigenvalue weighted by molar-refractivity contribution is 5.44. The predicted octanol–water partition coefficient (Wildman–Crippen LogP) is 2.98. The summed E-state index contributed by atoms with van der Waals surface area (Å²) in [6.45, 7) is 2.05. The third-order valence-electron chi connectivity index (χ3n) is 2.46. The van der Waals surface area contributed by atoms with Gasteiger partial charge in [0.2, 0.25) is 11.8 Å². The van der Waals surface area contributed by atoms with E-state index in [1.807, 2.05) is 12.1 Å². The van der Waals surface area contributed by atoms with Crippen LogP contribution >= 0.6 is 0 Å². The number of ether oxygens (including phenoxy) is 2. The van der Waals surface area contributed by atoms with Gasteiger partial charge in [-0.3, -0.25) is 0 Å². The maximum absolute atomic E-state index is 12.9. The molecule has 1 aromatic carbocycles. The molecular weight excluding hydrogens is 235 g/mol. The van der Waals surface area contributed by atoms with Crippen molar-refractivity contribution in [1.82, 2.24) is 9.97 Å². The Labute approximate surface area is 104 Å². The van der Waals surface area contributed by atoms with E-state index < -0.39 is 5.95 Å². The van der Waals surface area contributed by atoms with Crippen LogP contribution in [0, 0.1) is 5.95 Å². The maximum atomic E-state index is 12.9. The molecular formula is C13H13FN2O2. The zero-order valence-electron chi connectivity index (χ0n) is 10.2. The molecule has 0 bridgehead atoms. The number of benzene rings is 1. The SMILES string of the molecule is CCc1ccc(Oc2cc(F)ncn2)c(OC)c1. The molecule has 0 aliphatic carbocycles. The number of methoxy groups -OCH3 is 1. The van der Waals surface area contributed by atoms with Crippen LogP contribution in [0.15, 0.2) is 30.6 Å². The summed E-state index contributed by atoms with van der Waals surface area (Å²) in [7, 11) is 1.56. The molecule has 2 rings (SSSR count). The molecule has 18 heavy (non-hydrogen) atoms. The van der Waals surface area contributed by atoms with Crippen LogP contribution in [0.2, 0.25) is 0 Å². The molecule has 1 aromatic heterocycles. The van der Waals surface area contributed by atoms with Gasteiger partial charge in [0.15, 0.2) is 11.5 Å². The second kappa shape index (κ2) is 5.44. The Morgan fingerprint density at radius 2 is 2.00 bits per heavy atom. The molecule has 0 radical (unpaired) electrons. The van der Waals surface area contributed by atoms with Gasteiger partial charge in [0.05, 0.1) is 13.2 Å². The lowest BCUT2D eigenvalue weighted by Gasteiger charge is -2.10. The fraction of sp³-hybridized carbons (Fsp3) is 0.231. The van der Waals surface area contributed by atoms with Gasteiger partial charge < -0.3 is 9.47 Å². The summed E-state index contributed by atoms with van der Waals surface area (Å²) in [6.07, 6.45) is 2.01. The number of aromatic nitrogens is 2. The molecule has 0 spiro atoms. The first-order valence-corrected chi connectivity index (χ1v) is 5.55. The highest BCUT2D eigenvalue weighted by Gasteiger charge is 2.08. The zero-order chi connectivity index (χ0) is 13.0. The van der Waals surface area contributed by atoms with Gasteiger partial charge in [-0.2, -0.15) is 4.39 Å². The fourth-order valence-corrected chi connectivity index (χ4v) is 1.50. The number of rotatable bonds is 4. The quantitative estimate of drug-likeness (QED) is 0.780. The molecule has 4 nitrogen and oxygen atoms in total. The van der Waals surface area contributed by atoms with Gasteiger partial charge in [-0.15, -0.1) is 0 Å². The van der Waals surface area contributed by atoms with E-state index in [1.54, 1.807) is 13.2 Å². The molecule has 0 fully saturated rings. The summed E-state index contributed by atoms with van der Waals surface area (Å²) in [6, 6.07) is 6.70. The minimum atomic E-state index is -0.635. The Morgan fingerprint density at radius 1 is 1.17 bits per heavy atom. The van der Waals surface area contributed by atoms with Crippen molar-refractivity contribution in [3.8, 4) is 17.4 Å². The molecule has 0 N–H and O–H groups in total. The molecule has 0 aliphatic rings. The van der Waals surface area contributed by atoms with Crippen molar-refractivity contribution < 1.29 is 13.9 Å². The van der Waals surface area contributed by atoms with Gasteiger partial charge in [-0.1, -0.05) is 13.0 Å². The monoisotopic (exact) mass is 248 g/mol. The Bertz CT molecular complexity index is 546. The highest BCUT2D eigenvalue weighted by Crippen LogP contribution is 2.31. The number of aryl methyl sites for hydroxylation is 1. The summed E-state index contributed by atoms with van der Waals surface area (Å²) in [4.78, 5) is 7.19. The van der Waals surface area contributed by atoms with Crippen LogP contribution < -0.4 is 9.47 Å². The lowest BCUT2D eigenvalue weighted by Crippen LogP contribution is -1.95. The van der Waals surface area contributed by atoms with Gasteiger partial charge in [0, 0.05) is 0 Å². The molecule has 0 aliphatic heterocycles. The molecule has 0 saturated heterocycles. The third-order valence-corrected chi connectivity index (χ3v) is 2.46. The number of halogens is 1. The van der Waals surface area contributed by atoms with Gasteiger partial charge in [0.25, 0.3) is 0 Å². The van der Waals surface area contributed by atoms with E-state index in [-0.39, 0.29) is 5.88 Å². The molecule has 0 saturated carbocycles. The van der Waals surface area contributed by atoms with E-state index in [4.69, 9.17) is 9.47 Å². The van der Waals surface area contributed by atoms with Crippen molar-refractivity contribution >= 4 is 0 Å². The van der Waals surface area contributed by atoms with Crippen molar-refractivity contribution in [3.05, 3.63) is 42.1 Å². The van der Waals surface area contributed by atoms with E-state index >= 15 is 0 Å². The lowest BCUT2D eigenvalue weighted by atomic mass is 10.1. The topological polar surface area (TPSA) is 44.2 Å². The van der Waals surface area contributed by atoms with E-state index in [9.17, 15) is 4.39 Å². The lowest BCUT2D eigenvalue weighted by molar-refractivity contribution is 0.371. The first-order chi connectivity index (χ1) is 8.72. The van der Waals surface area contributed by atoms with Crippen LogP contribution in [0.25, 0.3) is 0 Å². The highest BCUT2D eigenvalue weighted by atomic mass is 19.1. The Kier molecular flexibility index (Phi) is 3.72. The zero-order valence-corrected chi connectivity index (χ0v) is 10.2. The largest absolute Gasteiger partial charge is 0.493 e. The van der Waals surface area contributed by atoms with Crippen molar-refractivity contribution in [2.24, 2.45) is 0 Å². The maximum Gasteiger partial charge on any atom is 0.225 e. The summed E-state index contributed by atoms with van der Waals surface area (Å²) in [5.41, 5.74) is 1.13. The predicted molar refractivity (Wildman–Crippen MR) is 64.4 cm³/mol. The van der Waals surface area contributed by atoms with Gasteiger partial charge >= 0.3 is 0 Å². The molecule has 0 atom stereocenters. The van der Waals surface area contributed by atoms with Crippen molar-refractivity contribution in [1.29, 1.82) is 0 Å². The minimum absolute atomic E-state index is 0.144. The second-order valence-electron chi connectivity index (χ2n) is 3.62. The molecule has 1 heterocycles. The Morgan fingerprint density at radius 3 is 2.67 bits per heavy atom. The molecule has 0 unspecified atom stereocenters. The van der Waals surface area contributed by atoms with Crippen LogP contribution in [0.3, 0.4) is 0 Å². The first-order valence-electron chi connectivity index (χ1n) is 5.55. The van der Waals surface area contributed by atoms with Gasteiger partial charge in [0.1, 0.15) is 6.33 Å². The van der Waals surface area contributed by atoms with E-state index in [0.29, 0.717) is 11.5 Å². The number of hydrogen-bond donors (Lipinski definition) is 0. The van der Waals surface area contributed by atoms with Gasteiger partial charge in [-0.25, -0.2) is 9.97 Å². The minimum Gasteiger partial charge on any atom is -0.493 e. The standard InChI is InChI=1S/C13H13FN2O2/c1-3-9-4-5-10(11(6-9)17-2)18-13-7-12(14)15-8-16-13/h4-8H,3H2,1-2H3. The molecule has 2 aromatic rings. The number of nitrogens with zero attached hydrogens (tertiary/aromatic N) is 2. The molecule has 0 amide bonds. The molecule has 94 valence electrons. The van der Waals surface area contributed by atoms with E-state index in [1.165, 1.54) is 0 Å². The van der Waals surface area contributed by atoms with Crippen molar-refractivity contribution in [2.75, 3.05) is 7.11 Å². The first kappa shape index (κ1) is 12.3. The van der Waals surface area contributed by atoms with Crippen LogP contribution in [0.5, 0.6) is 17.4 Å². The average molecular weight is 248 g/mol. The average Bonchev–Trinajstić information content (AvgIpc) is 2.39. The normalized spacial score (nSPS) is 10.2. The van der Waals surface area contributed by atoms with Crippen molar-refractivity contribution in [3.63, 3.8) is 0 Å². The van der Waals surface area contributed by atoms with Crippen LogP contribution in [-0.4, -0.2) is 17.1 Å². The van der Waals surface area contributed by atoms with Crippen LogP contribution in [0.4, 0.5) is 4.39 Å². The van der Waals surface area contributed by atoms with Crippen molar-refractivity contribution in [2.45, 2.75) is 13.3 Å².